The first-order chi connectivity index (χ1) is 11.2. The Morgan fingerprint density at radius 2 is 1.83 bits per heavy atom. The first kappa shape index (κ1) is 17.6. The molecule has 2 N–H and O–H groups in total. The van der Waals surface area contributed by atoms with Crippen LogP contribution in [-0.4, -0.2) is 30.2 Å². The zero-order chi connectivity index (χ0) is 16.5. The van der Waals surface area contributed by atoms with E-state index < -0.39 is 0 Å². The molecule has 1 aromatic heterocycles. The van der Waals surface area contributed by atoms with E-state index in [-0.39, 0.29) is 17.1 Å². The van der Waals surface area contributed by atoms with Crippen LogP contribution in [0.3, 0.4) is 0 Å². The fourth-order valence-electron chi connectivity index (χ4n) is 1.87. The molecule has 4 nitrogen and oxygen atoms in total. The number of amides is 2. The fraction of sp³-hybridized carbons (Fsp3) is 0.294. The van der Waals surface area contributed by atoms with Crippen LogP contribution in [0.15, 0.2) is 47.8 Å². The monoisotopic (exact) mass is 348 g/mol. The Bertz CT molecular complexity index is 615. The molecule has 1 aromatic carbocycles. The van der Waals surface area contributed by atoms with Gasteiger partial charge in [0.15, 0.2) is 0 Å². The third-order valence-electron chi connectivity index (χ3n) is 3.17. The summed E-state index contributed by atoms with van der Waals surface area (Å²) in [5, 5.41) is 7.38. The highest BCUT2D eigenvalue weighted by atomic mass is 32.2. The number of thioether (sulfide) groups is 1. The van der Waals surface area contributed by atoms with Crippen molar-refractivity contribution in [2.45, 2.75) is 17.9 Å². The highest BCUT2D eigenvalue weighted by Crippen LogP contribution is 2.17. The summed E-state index contributed by atoms with van der Waals surface area (Å²) >= 11 is 3.00. The Labute approximate surface area is 144 Å². The second-order valence-electron chi connectivity index (χ2n) is 4.96. The summed E-state index contributed by atoms with van der Waals surface area (Å²) in [7, 11) is 0. The largest absolute Gasteiger partial charge is 0.353 e. The molecule has 0 aliphatic rings. The molecule has 23 heavy (non-hydrogen) atoms. The van der Waals surface area contributed by atoms with Crippen molar-refractivity contribution < 1.29 is 9.59 Å². The molecule has 0 aliphatic heterocycles. The number of carbonyl (C=O) groups excluding carboxylic acids is 2. The van der Waals surface area contributed by atoms with Crippen LogP contribution < -0.4 is 10.6 Å². The van der Waals surface area contributed by atoms with Crippen molar-refractivity contribution in [2.24, 2.45) is 0 Å². The first-order valence-corrected chi connectivity index (χ1v) is 9.34. The quantitative estimate of drug-likeness (QED) is 0.721. The molecular weight excluding hydrogens is 328 g/mol. The lowest BCUT2D eigenvalue weighted by Gasteiger charge is -2.12. The molecule has 0 unspecified atom stereocenters. The zero-order valence-electron chi connectivity index (χ0n) is 13.0. The van der Waals surface area contributed by atoms with Crippen molar-refractivity contribution in [3.8, 4) is 0 Å². The molecule has 0 aliphatic carbocycles. The number of benzene rings is 1. The Morgan fingerprint density at radius 1 is 1.09 bits per heavy atom. The summed E-state index contributed by atoms with van der Waals surface area (Å²) in [5.41, 5.74) is 1.21. The van der Waals surface area contributed by atoms with Crippen LogP contribution in [-0.2, 0) is 10.5 Å². The molecule has 1 heterocycles. The van der Waals surface area contributed by atoms with Gasteiger partial charge in [0.05, 0.1) is 10.1 Å². The molecule has 0 saturated heterocycles. The van der Waals surface area contributed by atoms with Crippen LogP contribution in [0.4, 0.5) is 0 Å². The molecule has 2 rings (SSSR count). The Balaban J connectivity index is 1.61. The summed E-state index contributed by atoms with van der Waals surface area (Å²) in [6.07, 6.45) is 0. The van der Waals surface area contributed by atoms with Gasteiger partial charge in [-0.25, -0.2) is 0 Å². The van der Waals surface area contributed by atoms with Crippen molar-refractivity contribution in [3.05, 3.63) is 58.3 Å². The molecule has 0 bridgehead atoms. The molecule has 6 heteroatoms. The number of nitrogens with one attached hydrogen (secondary N) is 2. The zero-order valence-corrected chi connectivity index (χ0v) is 14.6. The van der Waals surface area contributed by atoms with Crippen molar-refractivity contribution in [1.29, 1.82) is 0 Å². The van der Waals surface area contributed by atoms with Gasteiger partial charge in [-0.3, -0.25) is 9.59 Å². The summed E-state index contributed by atoms with van der Waals surface area (Å²) in [4.78, 5) is 24.4. The minimum absolute atomic E-state index is 0.00342. The Kier molecular flexibility index (Phi) is 7.16. The average molecular weight is 348 g/mol. The standard InChI is InChI=1S/C17H20N2O2S2/c1-13(23-12-14-6-3-2-4-7-14)16(20)18-9-10-19-17(21)15-8-5-11-22-15/h2-8,11,13H,9-10,12H2,1H3,(H,18,20)(H,19,21)/t13-/m1/s1. The first-order valence-electron chi connectivity index (χ1n) is 7.42. The predicted octanol–water partition coefficient (Wildman–Crippen LogP) is 2.92. The maximum absolute atomic E-state index is 12.0. The van der Waals surface area contributed by atoms with E-state index in [2.05, 4.69) is 22.8 Å². The van der Waals surface area contributed by atoms with E-state index >= 15 is 0 Å². The molecule has 0 spiro atoms. The lowest BCUT2D eigenvalue weighted by molar-refractivity contribution is -0.120. The average Bonchev–Trinajstić information content (AvgIpc) is 3.11. The molecule has 2 amide bonds. The van der Waals surface area contributed by atoms with Gasteiger partial charge in [-0.1, -0.05) is 36.4 Å². The van der Waals surface area contributed by atoms with Crippen LogP contribution in [0.5, 0.6) is 0 Å². The van der Waals surface area contributed by atoms with E-state index in [1.54, 1.807) is 17.8 Å². The molecule has 1 atom stereocenters. The van der Waals surface area contributed by atoms with E-state index in [1.807, 2.05) is 36.6 Å². The number of carbonyl (C=O) groups is 2. The molecule has 2 aromatic rings. The maximum Gasteiger partial charge on any atom is 0.261 e. The number of hydrogen-bond donors (Lipinski definition) is 2. The van der Waals surface area contributed by atoms with Crippen LogP contribution in [0, 0.1) is 0 Å². The van der Waals surface area contributed by atoms with E-state index in [0.717, 1.165) is 5.75 Å². The smallest absolute Gasteiger partial charge is 0.261 e. The fourth-order valence-corrected chi connectivity index (χ4v) is 3.38. The molecule has 0 radical (unpaired) electrons. The molecule has 122 valence electrons. The van der Waals surface area contributed by atoms with Gasteiger partial charge >= 0.3 is 0 Å². The maximum atomic E-state index is 12.0. The lowest BCUT2D eigenvalue weighted by atomic mass is 10.2. The minimum Gasteiger partial charge on any atom is -0.353 e. The van der Waals surface area contributed by atoms with Gasteiger partial charge in [0.25, 0.3) is 5.91 Å². The third kappa shape index (κ3) is 6.08. The summed E-state index contributed by atoms with van der Waals surface area (Å²) in [6.45, 7) is 2.76. The Morgan fingerprint density at radius 3 is 2.52 bits per heavy atom. The topological polar surface area (TPSA) is 58.2 Å². The van der Waals surface area contributed by atoms with Gasteiger partial charge in [0.2, 0.25) is 5.91 Å². The van der Waals surface area contributed by atoms with Crippen molar-refractivity contribution in [2.75, 3.05) is 13.1 Å². The third-order valence-corrected chi connectivity index (χ3v) is 5.25. The van der Waals surface area contributed by atoms with Gasteiger partial charge < -0.3 is 10.6 Å². The summed E-state index contributed by atoms with van der Waals surface area (Å²) in [5.74, 6) is 0.710. The molecule has 0 saturated carbocycles. The second-order valence-corrected chi connectivity index (χ2v) is 7.24. The van der Waals surface area contributed by atoms with Gasteiger partial charge in [-0.15, -0.1) is 23.1 Å². The van der Waals surface area contributed by atoms with Crippen LogP contribution >= 0.6 is 23.1 Å². The SMILES string of the molecule is C[C@@H](SCc1ccccc1)C(=O)NCCNC(=O)c1cccs1. The van der Waals surface area contributed by atoms with Crippen LogP contribution in [0.25, 0.3) is 0 Å². The van der Waals surface area contributed by atoms with Crippen molar-refractivity contribution in [1.82, 2.24) is 10.6 Å². The minimum atomic E-state index is -0.122. The molecular formula is C17H20N2O2S2. The number of rotatable bonds is 8. The normalized spacial score (nSPS) is 11.7. The number of thiophene rings is 1. The van der Waals surface area contributed by atoms with E-state index in [4.69, 9.17) is 0 Å². The second kappa shape index (κ2) is 9.37. The van der Waals surface area contributed by atoms with Gasteiger partial charge in [0, 0.05) is 18.8 Å². The molecule has 0 fully saturated rings. The van der Waals surface area contributed by atoms with Crippen LogP contribution in [0.2, 0.25) is 0 Å². The Hall–Kier alpha value is -1.79. The summed E-state index contributed by atoms with van der Waals surface area (Å²) in [6, 6.07) is 13.7. The highest BCUT2D eigenvalue weighted by molar-refractivity contribution is 7.99. The van der Waals surface area contributed by atoms with E-state index in [1.165, 1.54) is 16.9 Å². The van der Waals surface area contributed by atoms with E-state index in [9.17, 15) is 9.59 Å². The highest BCUT2D eigenvalue weighted by Gasteiger charge is 2.13. The van der Waals surface area contributed by atoms with Crippen molar-refractivity contribution in [3.63, 3.8) is 0 Å². The van der Waals surface area contributed by atoms with Gasteiger partial charge in [0.1, 0.15) is 0 Å². The number of hydrogen-bond acceptors (Lipinski definition) is 4. The lowest BCUT2D eigenvalue weighted by Crippen LogP contribution is -2.37. The van der Waals surface area contributed by atoms with Crippen LogP contribution in [0.1, 0.15) is 22.2 Å². The van der Waals surface area contributed by atoms with Gasteiger partial charge in [-0.05, 0) is 23.9 Å². The van der Waals surface area contributed by atoms with E-state index in [0.29, 0.717) is 18.0 Å². The van der Waals surface area contributed by atoms with Gasteiger partial charge in [-0.2, -0.15) is 0 Å². The van der Waals surface area contributed by atoms with Crippen molar-refractivity contribution >= 4 is 34.9 Å². The summed E-state index contributed by atoms with van der Waals surface area (Å²) < 4.78 is 0. The predicted molar refractivity (Wildman–Crippen MR) is 96.9 cm³/mol.